The summed E-state index contributed by atoms with van der Waals surface area (Å²) in [5.41, 5.74) is 3.97. The Labute approximate surface area is 158 Å². The van der Waals surface area contributed by atoms with Crippen LogP contribution in [0.2, 0.25) is 0 Å². The largest absolute Gasteiger partial charge is 0.496 e. The summed E-state index contributed by atoms with van der Waals surface area (Å²) < 4.78 is 10.6. The number of carbonyl (C=O) groups is 1. The van der Waals surface area contributed by atoms with Crippen LogP contribution in [0.5, 0.6) is 5.75 Å². The maximum Gasteiger partial charge on any atom is 0.246 e. The van der Waals surface area contributed by atoms with Crippen LogP contribution < -0.4 is 4.74 Å². The second kappa shape index (κ2) is 8.03. The van der Waals surface area contributed by atoms with E-state index in [-0.39, 0.29) is 12.5 Å². The Bertz CT molecular complexity index is 949. The van der Waals surface area contributed by atoms with Crippen molar-refractivity contribution in [3.05, 3.63) is 65.0 Å². The molecule has 0 spiro atoms. The van der Waals surface area contributed by atoms with E-state index in [9.17, 15) is 4.79 Å². The molecule has 3 rings (SSSR count). The van der Waals surface area contributed by atoms with Gasteiger partial charge in [0.05, 0.1) is 20.1 Å². The van der Waals surface area contributed by atoms with Gasteiger partial charge in [-0.05, 0) is 37.1 Å². The van der Waals surface area contributed by atoms with Gasteiger partial charge in [0.2, 0.25) is 17.6 Å². The molecule has 0 aliphatic rings. The number of rotatable bonds is 6. The minimum absolute atomic E-state index is 0.0186. The van der Waals surface area contributed by atoms with Crippen LogP contribution in [-0.4, -0.2) is 35.1 Å². The van der Waals surface area contributed by atoms with Crippen LogP contribution in [0.3, 0.4) is 0 Å². The van der Waals surface area contributed by atoms with Crippen LogP contribution in [0.1, 0.15) is 22.6 Å². The number of amides is 1. The van der Waals surface area contributed by atoms with Crippen molar-refractivity contribution in [3.63, 3.8) is 0 Å². The van der Waals surface area contributed by atoms with Crippen LogP contribution >= 0.6 is 0 Å². The van der Waals surface area contributed by atoms with E-state index in [1.54, 1.807) is 19.1 Å². The number of carbonyl (C=O) groups excluding carboxylic acids is 1. The number of aromatic nitrogens is 2. The first kappa shape index (κ1) is 18.6. The number of methoxy groups -OCH3 is 1. The number of benzene rings is 2. The maximum absolute atomic E-state index is 12.5. The maximum atomic E-state index is 12.5. The molecule has 0 N–H and O–H groups in total. The molecule has 0 saturated heterocycles. The molecule has 2 aromatic carbocycles. The lowest BCUT2D eigenvalue weighted by molar-refractivity contribution is -0.130. The quantitative estimate of drug-likeness (QED) is 0.668. The Kier molecular flexibility index (Phi) is 5.54. The highest BCUT2D eigenvalue weighted by Gasteiger charge is 2.15. The van der Waals surface area contributed by atoms with Gasteiger partial charge in [-0.2, -0.15) is 4.98 Å². The predicted molar refractivity (Wildman–Crippen MR) is 102 cm³/mol. The highest BCUT2D eigenvalue weighted by atomic mass is 16.5. The van der Waals surface area contributed by atoms with Crippen molar-refractivity contribution in [2.45, 2.75) is 26.8 Å². The molecule has 1 amide bonds. The molecular weight excluding hydrogens is 342 g/mol. The fourth-order valence-electron chi connectivity index (χ4n) is 2.87. The van der Waals surface area contributed by atoms with Crippen LogP contribution in [0.25, 0.3) is 11.4 Å². The van der Waals surface area contributed by atoms with E-state index < -0.39 is 0 Å². The van der Waals surface area contributed by atoms with E-state index in [0.29, 0.717) is 18.1 Å². The molecular formula is C21H23N3O3. The zero-order valence-corrected chi connectivity index (χ0v) is 16.0. The van der Waals surface area contributed by atoms with Gasteiger partial charge in [0.15, 0.2) is 0 Å². The molecule has 140 valence electrons. The Balaban J connectivity index is 1.64. The lowest BCUT2D eigenvalue weighted by Gasteiger charge is -2.15. The predicted octanol–water partition coefficient (Wildman–Crippen LogP) is 3.56. The average molecular weight is 365 g/mol. The van der Waals surface area contributed by atoms with E-state index in [1.807, 2.05) is 56.3 Å². The highest BCUT2D eigenvalue weighted by Crippen LogP contribution is 2.20. The van der Waals surface area contributed by atoms with Crippen molar-refractivity contribution < 1.29 is 14.1 Å². The molecule has 6 heteroatoms. The first-order valence-corrected chi connectivity index (χ1v) is 8.73. The summed E-state index contributed by atoms with van der Waals surface area (Å²) in [4.78, 5) is 18.5. The van der Waals surface area contributed by atoms with Gasteiger partial charge in [0.25, 0.3) is 0 Å². The second-order valence-electron chi connectivity index (χ2n) is 6.61. The zero-order chi connectivity index (χ0) is 19.4. The van der Waals surface area contributed by atoms with E-state index in [4.69, 9.17) is 9.26 Å². The normalized spacial score (nSPS) is 10.7. The van der Waals surface area contributed by atoms with Crippen molar-refractivity contribution in [2.75, 3.05) is 14.2 Å². The second-order valence-corrected chi connectivity index (χ2v) is 6.61. The van der Waals surface area contributed by atoms with Crippen LogP contribution in [-0.2, 0) is 17.8 Å². The van der Waals surface area contributed by atoms with Gasteiger partial charge < -0.3 is 14.2 Å². The Morgan fingerprint density at radius 1 is 1.19 bits per heavy atom. The fourth-order valence-corrected chi connectivity index (χ4v) is 2.87. The van der Waals surface area contributed by atoms with Crippen molar-refractivity contribution >= 4 is 5.91 Å². The van der Waals surface area contributed by atoms with Crippen LogP contribution in [0.15, 0.2) is 47.0 Å². The third kappa shape index (κ3) is 4.53. The molecule has 27 heavy (non-hydrogen) atoms. The smallest absolute Gasteiger partial charge is 0.246 e. The molecule has 0 aliphatic carbocycles. The van der Waals surface area contributed by atoms with Crippen molar-refractivity contribution in [2.24, 2.45) is 0 Å². The van der Waals surface area contributed by atoms with E-state index in [0.717, 1.165) is 28.0 Å². The molecule has 0 radical (unpaired) electrons. The van der Waals surface area contributed by atoms with Crippen LogP contribution in [0.4, 0.5) is 0 Å². The Hall–Kier alpha value is -3.15. The van der Waals surface area contributed by atoms with Crippen LogP contribution in [0, 0.1) is 13.8 Å². The monoisotopic (exact) mass is 365 g/mol. The van der Waals surface area contributed by atoms with Gasteiger partial charge in [-0.15, -0.1) is 0 Å². The number of hydrogen-bond acceptors (Lipinski definition) is 5. The van der Waals surface area contributed by atoms with Crippen molar-refractivity contribution in [1.82, 2.24) is 15.0 Å². The van der Waals surface area contributed by atoms with E-state index >= 15 is 0 Å². The van der Waals surface area contributed by atoms with E-state index in [1.165, 1.54) is 0 Å². The van der Waals surface area contributed by atoms with Gasteiger partial charge in [-0.1, -0.05) is 41.1 Å². The highest BCUT2D eigenvalue weighted by molar-refractivity contribution is 5.78. The molecule has 1 aromatic heterocycles. The zero-order valence-electron chi connectivity index (χ0n) is 16.0. The lowest BCUT2D eigenvalue weighted by Crippen LogP contribution is -2.27. The summed E-state index contributed by atoms with van der Waals surface area (Å²) in [5, 5.41) is 4.02. The van der Waals surface area contributed by atoms with Gasteiger partial charge in [-0.3, -0.25) is 4.79 Å². The molecule has 0 fully saturated rings. The molecule has 6 nitrogen and oxygen atoms in total. The number of ether oxygens (including phenoxy) is 1. The number of hydrogen-bond donors (Lipinski definition) is 0. The Morgan fingerprint density at radius 2 is 2.00 bits per heavy atom. The molecule has 3 aromatic rings. The molecule has 0 bridgehead atoms. The summed E-state index contributed by atoms with van der Waals surface area (Å²) in [6, 6.07) is 13.6. The molecule has 0 aliphatic heterocycles. The summed E-state index contributed by atoms with van der Waals surface area (Å²) in [6.07, 6.45) is 0.306. The SMILES string of the molecule is COc1ccc(CC(=O)N(C)Cc2nc(-c3cccc(C)c3)no2)cc1C. The molecule has 1 heterocycles. The average Bonchev–Trinajstić information content (AvgIpc) is 3.10. The number of aryl methyl sites for hydroxylation is 2. The summed E-state index contributed by atoms with van der Waals surface area (Å²) in [6.45, 7) is 4.24. The minimum atomic E-state index is -0.0186. The lowest BCUT2D eigenvalue weighted by atomic mass is 10.1. The first-order valence-electron chi connectivity index (χ1n) is 8.73. The topological polar surface area (TPSA) is 68.5 Å². The van der Waals surface area contributed by atoms with Crippen molar-refractivity contribution in [3.8, 4) is 17.1 Å². The van der Waals surface area contributed by atoms with Gasteiger partial charge in [-0.25, -0.2) is 0 Å². The van der Waals surface area contributed by atoms with Gasteiger partial charge in [0.1, 0.15) is 5.75 Å². The number of likely N-dealkylation sites (N-methyl/N-ethyl adjacent to an activating group) is 1. The third-order valence-corrected chi connectivity index (χ3v) is 4.36. The van der Waals surface area contributed by atoms with Crippen molar-refractivity contribution in [1.29, 1.82) is 0 Å². The minimum Gasteiger partial charge on any atom is -0.496 e. The molecule has 0 saturated carbocycles. The first-order chi connectivity index (χ1) is 13.0. The fraction of sp³-hybridized carbons (Fsp3) is 0.286. The van der Waals surface area contributed by atoms with E-state index in [2.05, 4.69) is 10.1 Å². The summed E-state index contributed by atoms with van der Waals surface area (Å²) in [7, 11) is 3.37. The van der Waals surface area contributed by atoms with Gasteiger partial charge in [0, 0.05) is 12.6 Å². The summed E-state index contributed by atoms with van der Waals surface area (Å²) in [5.74, 6) is 1.73. The molecule has 0 unspecified atom stereocenters. The number of nitrogens with zero attached hydrogens (tertiary/aromatic N) is 3. The molecule has 0 atom stereocenters. The Morgan fingerprint density at radius 3 is 2.70 bits per heavy atom. The standard InChI is InChI=1S/C21H23N3O3/c1-14-6-5-7-17(10-14)21-22-19(27-23-21)13-24(3)20(25)12-16-8-9-18(26-4)15(2)11-16/h5-11H,12-13H2,1-4H3. The summed E-state index contributed by atoms with van der Waals surface area (Å²) >= 11 is 0. The third-order valence-electron chi connectivity index (χ3n) is 4.36. The van der Waals surface area contributed by atoms with Gasteiger partial charge >= 0.3 is 0 Å².